The van der Waals surface area contributed by atoms with Crippen molar-refractivity contribution in [2.45, 2.75) is 67.0 Å². The summed E-state index contributed by atoms with van der Waals surface area (Å²) in [6, 6.07) is 10.3. The Balaban J connectivity index is 0.000000729. The second-order valence-electron chi connectivity index (χ2n) is 11.5. The van der Waals surface area contributed by atoms with Crippen LogP contribution in [0.25, 0.3) is 11.1 Å². The van der Waals surface area contributed by atoms with Crippen molar-refractivity contribution in [1.82, 2.24) is 20.1 Å². The molecule has 2 heterocycles. The predicted octanol–water partition coefficient (Wildman–Crippen LogP) is 5.97. The van der Waals surface area contributed by atoms with Crippen LogP contribution in [-0.4, -0.2) is 74.4 Å². The largest absolute Gasteiger partial charge is 0.483 e. The van der Waals surface area contributed by atoms with Crippen molar-refractivity contribution in [2.24, 2.45) is 5.92 Å². The second-order valence-corrected chi connectivity index (χ2v) is 11.5. The van der Waals surface area contributed by atoms with E-state index in [9.17, 15) is 23.2 Å². The number of likely N-dealkylation sites (N-methyl/N-ethyl adjacent to an activating group) is 1. The molecule has 1 aromatic heterocycles. The molecule has 0 amide bonds. The minimum atomic E-state index is -0.791. The number of nitrogens with one attached hydrogen (secondary N) is 2. The molecule has 9 nitrogen and oxygen atoms in total. The molecule has 2 aromatic carbocycles. The fourth-order valence-electron chi connectivity index (χ4n) is 5.32. The number of likely N-dealkylation sites (tertiary alicyclic amines) is 1. The van der Waals surface area contributed by atoms with Crippen LogP contribution in [0.3, 0.4) is 0 Å². The number of pyridine rings is 1. The number of rotatable bonds is 9. The van der Waals surface area contributed by atoms with Gasteiger partial charge in [-0.15, -0.1) is 0 Å². The van der Waals surface area contributed by atoms with Crippen LogP contribution >= 0.6 is 0 Å². The molecule has 11 heteroatoms. The number of carbonyl (C=O) groups is 3. The number of aryl methyl sites for hydroxylation is 3. The normalized spacial score (nSPS) is 12.6. The van der Waals surface area contributed by atoms with E-state index in [1.165, 1.54) is 18.1 Å². The molecular weight excluding hydrogens is 618 g/mol. The van der Waals surface area contributed by atoms with Crippen molar-refractivity contribution in [3.63, 3.8) is 0 Å². The molecule has 1 aliphatic rings. The van der Waals surface area contributed by atoms with Gasteiger partial charge in [-0.2, -0.15) is 0 Å². The van der Waals surface area contributed by atoms with Crippen LogP contribution in [0.4, 0.5) is 8.78 Å². The minimum Gasteiger partial charge on any atom is -0.483 e. The third-order valence-corrected chi connectivity index (χ3v) is 7.21. The van der Waals surface area contributed by atoms with Gasteiger partial charge in [-0.1, -0.05) is 44.9 Å². The van der Waals surface area contributed by atoms with Crippen LogP contribution < -0.4 is 16.2 Å². The van der Waals surface area contributed by atoms with Crippen molar-refractivity contribution in [3.05, 3.63) is 92.4 Å². The molecule has 0 bridgehead atoms. The number of carbonyl (C=O) groups excluding carboxylic acids is 2. The molecule has 1 aliphatic heterocycles. The van der Waals surface area contributed by atoms with Gasteiger partial charge in [-0.05, 0) is 94.9 Å². The van der Waals surface area contributed by atoms with Gasteiger partial charge in [-0.3, -0.25) is 14.4 Å². The predicted molar refractivity (Wildman–Crippen MR) is 190 cm³/mol. The number of hydrogen-bond acceptors (Lipinski definition) is 7. The van der Waals surface area contributed by atoms with Gasteiger partial charge in [0.25, 0.3) is 12.0 Å². The van der Waals surface area contributed by atoms with Gasteiger partial charge in [0.05, 0.1) is 12.1 Å². The fourth-order valence-corrected chi connectivity index (χ4v) is 5.32. The van der Waals surface area contributed by atoms with Crippen molar-refractivity contribution in [3.8, 4) is 11.1 Å². The van der Waals surface area contributed by atoms with Crippen molar-refractivity contribution < 1.29 is 28.3 Å². The minimum absolute atomic E-state index is 0.179. The SMILES string of the molecule is CCC.CCC(NC)c1cc(-c2c(C)cc(C)cc2C)cc(F)c1F.CN1CC(Cn2cccc(C=O)c2=O)C1.CNCC=O.O=CO. The molecule has 4 rings (SSSR count). The topological polar surface area (TPSA) is 121 Å². The Morgan fingerprint density at radius 2 is 1.56 bits per heavy atom. The molecule has 3 aromatic rings. The monoisotopic (exact) mass is 672 g/mol. The Morgan fingerprint density at radius 3 is 1.98 bits per heavy atom. The number of aromatic nitrogens is 1. The molecule has 0 saturated carbocycles. The number of carboxylic acid groups (broad SMARTS) is 1. The Morgan fingerprint density at radius 1 is 1.00 bits per heavy atom. The van der Waals surface area contributed by atoms with Crippen LogP contribution in [0, 0.1) is 38.3 Å². The number of benzene rings is 2. The lowest BCUT2D eigenvalue weighted by molar-refractivity contribution is -0.122. The highest BCUT2D eigenvalue weighted by molar-refractivity contribution is 5.74. The zero-order chi connectivity index (χ0) is 36.8. The molecule has 266 valence electrons. The third kappa shape index (κ3) is 14.4. The third-order valence-electron chi connectivity index (χ3n) is 7.21. The number of aldehydes is 2. The Kier molecular flexibility index (Phi) is 22.1. The maximum atomic E-state index is 14.2. The first-order valence-electron chi connectivity index (χ1n) is 16.1. The summed E-state index contributed by atoms with van der Waals surface area (Å²) in [5.41, 5.74) is 5.49. The van der Waals surface area contributed by atoms with E-state index in [0.29, 0.717) is 37.3 Å². The van der Waals surface area contributed by atoms with Gasteiger partial charge in [0, 0.05) is 43.4 Å². The number of nitrogens with zero attached hydrogens (tertiary/aromatic N) is 2. The maximum Gasteiger partial charge on any atom is 0.290 e. The Bertz CT molecular complexity index is 1450. The first-order chi connectivity index (χ1) is 22.8. The van der Waals surface area contributed by atoms with E-state index in [0.717, 1.165) is 41.6 Å². The van der Waals surface area contributed by atoms with Crippen LogP contribution in [0.2, 0.25) is 0 Å². The summed E-state index contributed by atoms with van der Waals surface area (Å²) >= 11 is 0. The van der Waals surface area contributed by atoms with Crippen molar-refractivity contribution in [2.75, 3.05) is 40.8 Å². The summed E-state index contributed by atoms with van der Waals surface area (Å²) in [6.45, 7) is 15.2. The first-order valence-corrected chi connectivity index (χ1v) is 16.1. The summed E-state index contributed by atoms with van der Waals surface area (Å²) in [5.74, 6) is -1.01. The lowest BCUT2D eigenvalue weighted by Crippen LogP contribution is -2.46. The zero-order valence-electron chi connectivity index (χ0n) is 29.9. The number of halogens is 2. The van der Waals surface area contributed by atoms with E-state index in [1.807, 2.05) is 27.7 Å². The standard InChI is InChI=1S/C19H23F2N.C11H14N2O2.C3H7NO.C3H8.CH2O2/c1-6-17(22-5)15-9-14(10-16(20)19(15)21)18-12(3)7-11(2)8-13(18)4;1-12-5-9(6-12)7-13-4-2-3-10(8-14)11(13)15;1-4-2-3-5;1-3-2;2-1-3/h7-10,17,22H,6H2,1-5H3;2-4,8-9H,5-7H2,1H3;3-4H,2H2,1H3;3H2,1-2H3;1H,(H,2,3). The summed E-state index contributed by atoms with van der Waals surface area (Å²) in [6.07, 6.45) is 5.13. The van der Waals surface area contributed by atoms with E-state index in [2.05, 4.69) is 48.6 Å². The molecule has 1 fully saturated rings. The number of hydrogen-bond donors (Lipinski definition) is 3. The summed E-state index contributed by atoms with van der Waals surface area (Å²) in [4.78, 5) is 42.2. The van der Waals surface area contributed by atoms with E-state index in [-0.39, 0.29) is 23.6 Å². The Labute approximate surface area is 284 Å². The molecular formula is C37H54F2N4O5. The summed E-state index contributed by atoms with van der Waals surface area (Å²) in [7, 11) is 5.55. The highest BCUT2D eigenvalue weighted by Gasteiger charge is 2.23. The molecule has 48 heavy (non-hydrogen) atoms. The molecule has 0 radical (unpaired) electrons. The van der Waals surface area contributed by atoms with Gasteiger partial charge >= 0.3 is 0 Å². The lowest BCUT2D eigenvalue weighted by atomic mass is 9.91. The molecule has 1 atom stereocenters. The van der Waals surface area contributed by atoms with Crippen LogP contribution in [0.5, 0.6) is 0 Å². The summed E-state index contributed by atoms with van der Waals surface area (Å²) in [5, 5.41) is 12.6. The van der Waals surface area contributed by atoms with Crippen LogP contribution in [0.15, 0.2) is 47.4 Å². The molecule has 1 unspecified atom stereocenters. The van der Waals surface area contributed by atoms with E-state index in [1.54, 1.807) is 43.1 Å². The Hall–Kier alpha value is -4.06. The maximum absolute atomic E-state index is 14.2. The average molecular weight is 673 g/mol. The average Bonchev–Trinajstić information content (AvgIpc) is 3.01. The molecule has 0 aliphatic carbocycles. The first kappa shape index (κ1) is 43.9. The van der Waals surface area contributed by atoms with Crippen LogP contribution in [0.1, 0.15) is 72.3 Å². The summed E-state index contributed by atoms with van der Waals surface area (Å²) < 4.78 is 29.9. The highest BCUT2D eigenvalue weighted by atomic mass is 19.2. The van der Waals surface area contributed by atoms with E-state index >= 15 is 0 Å². The molecule has 0 spiro atoms. The van der Waals surface area contributed by atoms with Crippen molar-refractivity contribution in [1.29, 1.82) is 0 Å². The fraction of sp³-hybridized carbons (Fsp3) is 0.459. The highest BCUT2D eigenvalue weighted by Crippen LogP contribution is 2.33. The molecule has 3 N–H and O–H groups in total. The van der Waals surface area contributed by atoms with Gasteiger partial charge in [0.1, 0.15) is 6.29 Å². The van der Waals surface area contributed by atoms with Gasteiger partial charge in [0.15, 0.2) is 17.9 Å². The van der Waals surface area contributed by atoms with E-state index in [4.69, 9.17) is 9.90 Å². The van der Waals surface area contributed by atoms with Gasteiger partial charge in [0.2, 0.25) is 0 Å². The smallest absolute Gasteiger partial charge is 0.290 e. The van der Waals surface area contributed by atoms with E-state index < -0.39 is 11.6 Å². The quantitative estimate of drug-likeness (QED) is 0.238. The van der Waals surface area contributed by atoms with Crippen LogP contribution in [-0.2, 0) is 16.1 Å². The second kappa shape index (κ2) is 24.1. The zero-order valence-corrected chi connectivity index (χ0v) is 29.9. The lowest BCUT2D eigenvalue weighted by Gasteiger charge is -2.36. The van der Waals surface area contributed by atoms with Gasteiger partial charge in [-0.25, -0.2) is 8.78 Å². The molecule has 1 saturated heterocycles. The van der Waals surface area contributed by atoms with Gasteiger partial charge < -0.3 is 30.0 Å². The van der Waals surface area contributed by atoms with Crippen molar-refractivity contribution >= 4 is 19.0 Å².